The highest BCUT2D eigenvalue weighted by Gasteiger charge is 2.14. The molecule has 0 saturated heterocycles. The summed E-state index contributed by atoms with van der Waals surface area (Å²) in [5.41, 5.74) is 0.849. The lowest BCUT2D eigenvalue weighted by Crippen LogP contribution is -2.37. The molecule has 0 spiro atoms. The standard InChI is InChI=1S/C16H25NO3/c1-12(17-15(19)11-20-16(2,3)4)5-6-13-7-9-14(18)10-8-13/h7-10,12,18H,5-6,11H2,1-4H3,(H,17,19). The van der Waals surface area contributed by atoms with Gasteiger partial charge in [-0.1, -0.05) is 12.1 Å². The average molecular weight is 279 g/mol. The largest absolute Gasteiger partial charge is 0.508 e. The minimum atomic E-state index is -0.299. The Kier molecular flexibility index (Phi) is 6.02. The molecule has 0 bridgehead atoms. The first-order valence-electron chi connectivity index (χ1n) is 6.97. The van der Waals surface area contributed by atoms with E-state index in [2.05, 4.69) is 5.32 Å². The quantitative estimate of drug-likeness (QED) is 0.841. The Morgan fingerprint density at radius 1 is 1.30 bits per heavy atom. The number of carbonyl (C=O) groups is 1. The summed E-state index contributed by atoms with van der Waals surface area (Å²) in [6.45, 7) is 7.85. The highest BCUT2D eigenvalue weighted by Crippen LogP contribution is 2.12. The van der Waals surface area contributed by atoms with Gasteiger partial charge in [-0.15, -0.1) is 0 Å². The van der Waals surface area contributed by atoms with Crippen LogP contribution in [0.5, 0.6) is 5.75 Å². The number of carbonyl (C=O) groups excluding carboxylic acids is 1. The third kappa shape index (κ3) is 7.14. The van der Waals surface area contributed by atoms with Crippen LogP contribution >= 0.6 is 0 Å². The van der Waals surface area contributed by atoms with Crippen LogP contribution in [-0.4, -0.2) is 29.3 Å². The molecule has 0 saturated carbocycles. The number of phenols is 1. The molecule has 2 N–H and O–H groups in total. The minimum absolute atomic E-state index is 0.0851. The van der Waals surface area contributed by atoms with E-state index < -0.39 is 0 Å². The Hall–Kier alpha value is -1.55. The van der Waals surface area contributed by atoms with Crippen molar-refractivity contribution in [2.45, 2.75) is 52.2 Å². The molecule has 4 nitrogen and oxygen atoms in total. The Balaban J connectivity index is 2.27. The van der Waals surface area contributed by atoms with E-state index in [0.717, 1.165) is 18.4 Å². The smallest absolute Gasteiger partial charge is 0.246 e. The lowest BCUT2D eigenvalue weighted by Gasteiger charge is -2.20. The normalized spacial score (nSPS) is 13.0. The van der Waals surface area contributed by atoms with E-state index in [9.17, 15) is 9.90 Å². The van der Waals surface area contributed by atoms with Crippen LogP contribution in [0.15, 0.2) is 24.3 Å². The highest BCUT2D eigenvalue weighted by molar-refractivity contribution is 5.77. The van der Waals surface area contributed by atoms with Gasteiger partial charge in [0, 0.05) is 6.04 Å². The van der Waals surface area contributed by atoms with Crippen molar-refractivity contribution in [3.63, 3.8) is 0 Å². The molecule has 0 aliphatic heterocycles. The maximum Gasteiger partial charge on any atom is 0.246 e. The summed E-state index contributed by atoms with van der Waals surface area (Å²) < 4.78 is 5.43. The van der Waals surface area contributed by atoms with Crippen molar-refractivity contribution in [2.75, 3.05) is 6.61 Å². The minimum Gasteiger partial charge on any atom is -0.508 e. The van der Waals surface area contributed by atoms with Crippen LogP contribution in [0, 0.1) is 0 Å². The van der Waals surface area contributed by atoms with Gasteiger partial charge < -0.3 is 15.2 Å². The van der Waals surface area contributed by atoms with Crippen molar-refractivity contribution < 1.29 is 14.6 Å². The van der Waals surface area contributed by atoms with Gasteiger partial charge in [-0.05, 0) is 58.2 Å². The number of hydrogen-bond donors (Lipinski definition) is 2. The molecule has 20 heavy (non-hydrogen) atoms. The molecule has 1 aromatic carbocycles. The fourth-order valence-electron chi connectivity index (χ4n) is 1.72. The number of ether oxygens (including phenoxy) is 1. The van der Waals surface area contributed by atoms with Crippen LogP contribution in [0.4, 0.5) is 0 Å². The molecule has 1 atom stereocenters. The number of nitrogens with one attached hydrogen (secondary N) is 1. The highest BCUT2D eigenvalue weighted by atomic mass is 16.5. The fraction of sp³-hybridized carbons (Fsp3) is 0.562. The molecule has 0 aliphatic carbocycles. The summed E-state index contributed by atoms with van der Waals surface area (Å²) in [6.07, 6.45) is 1.72. The zero-order chi connectivity index (χ0) is 15.2. The summed E-state index contributed by atoms with van der Waals surface area (Å²) in [7, 11) is 0. The summed E-state index contributed by atoms with van der Waals surface area (Å²) in [5.74, 6) is 0.188. The first-order chi connectivity index (χ1) is 9.26. The topological polar surface area (TPSA) is 58.6 Å². The lowest BCUT2D eigenvalue weighted by atomic mass is 10.1. The second-order valence-corrected chi connectivity index (χ2v) is 6.07. The van der Waals surface area contributed by atoms with Gasteiger partial charge in [-0.25, -0.2) is 0 Å². The third-order valence-corrected chi connectivity index (χ3v) is 2.85. The van der Waals surface area contributed by atoms with Gasteiger partial charge >= 0.3 is 0 Å². The molecule has 0 heterocycles. The summed E-state index contributed by atoms with van der Waals surface area (Å²) in [5, 5.41) is 12.1. The first kappa shape index (κ1) is 16.5. The molecule has 1 amide bonds. The van der Waals surface area contributed by atoms with Crippen LogP contribution in [0.3, 0.4) is 0 Å². The molecule has 0 aromatic heterocycles. The van der Waals surface area contributed by atoms with Gasteiger partial charge in [-0.2, -0.15) is 0 Å². The fourth-order valence-corrected chi connectivity index (χ4v) is 1.72. The predicted octanol–water partition coefficient (Wildman–Crippen LogP) is 2.64. The second kappa shape index (κ2) is 7.29. The molecule has 0 radical (unpaired) electrons. The molecule has 1 unspecified atom stereocenters. The molecule has 0 aliphatic rings. The number of phenolic OH excluding ortho intramolecular Hbond substituents is 1. The van der Waals surface area contributed by atoms with E-state index in [1.165, 1.54) is 0 Å². The van der Waals surface area contributed by atoms with Crippen LogP contribution in [0.1, 0.15) is 39.7 Å². The number of rotatable bonds is 6. The summed E-state index contributed by atoms with van der Waals surface area (Å²) >= 11 is 0. The predicted molar refractivity (Wildman–Crippen MR) is 79.7 cm³/mol. The molecule has 4 heteroatoms. The van der Waals surface area contributed by atoms with E-state index in [1.54, 1.807) is 12.1 Å². The van der Waals surface area contributed by atoms with Crippen LogP contribution < -0.4 is 5.32 Å². The van der Waals surface area contributed by atoms with Gasteiger partial charge in [0.25, 0.3) is 0 Å². The molecule has 112 valence electrons. The first-order valence-corrected chi connectivity index (χ1v) is 6.97. The number of aryl methyl sites for hydroxylation is 1. The zero-order valence-corrected chi connectivity index (χ0v) is 12.8. The van der Waals surface area contributed by atoms with Gasteiger partial charge in [-0.3, -0.25) is 4.79 Å². The van der Waals surface area contributed by atoms with Gasteiger partial charge in [0.05, 0.1) is 5.60 Å². The van der Waals surface area contributed by atoms with Crippen molar-refractivity contribution in [1.82, 2.24) is 5.32 Å². The number of benzene rings is 1. The van der Waals surface area contributed by atoms with Crippen molar-refractivity contribution in [1.29, 1.82) is 0 Å². The number of hydrogen-bond acceptors (Lipinski definition) is 3. The van der Waals surface area contributed by atoms with Gasteiger partial charge in [0.15, 0.2) is 0 Å². The Morgan fingerprint density at radius 3 is 2.45 bits per heavy atom. The number of amides is 1. The Labute approximate surface area is 121 Å². The summed E-state index contributed by atoms with van der Waals surface area (Å²) in [4.78, 5) is 11.7. The van der Waals surface area contributed by atoms with Gasteiger partial charge in [0.2, 0.25) is 5.91 Å². The maximum atomic E-state index is 11.7. The lowest BCUT2D eigenvalue weighted by molar-refractivity contribution is -0.131. The van der Waals surface area contributed by atoms with E-state index >= 15 is 0 Å². The SMILES string of the molecule is CC(CCc1ccc(O)cc1)NC(=O)COC(C)(C)C. The van der Waals surface area contributed by atoms with E-state index in [1.807, 2.05) is 39.8 Å². The zero-order valence-electron chi connectivity index (χ0n) is 12.8. The second-order valence-electron chi connectivity index (χ2n) is 6.07. The van der Waals surface area contributed by atoms with Crippen molar-refractivity contribution in [2.24, 2.45) is 0 Å². The molecule has 1 rings (SSSR count). The Morgan fingerprint density at radius 2 is 1.90 bits per heavy atom. The average Bonchev–Trinajstić information content (AvgIpc) is 2.35. The van der Waals surface area contributed by atoms with Crippen molar-refractivity contribution in [3.8, 4) is 5.75 Å². The van der Waals surface area contributed by atoms with Crippen molar-refractivity contribution >= 4 is 5.91 Å². The molecule has 0 fully saturated rings. The van der Waals surface area contributed by atoms with E-state index in [0.29, 0.717) is 0 Å². The Bertz CT molecular complexity index is 420. The maximum absolute atomic E-state index is 11.7. The van der Waals surface area contributed by atoms with Crippen LogP contribution in [-0.2, 0) is 16.0 Å². The van der Waals surface area contributed by atoms with Crippen LogP contribution in [0.25, 0.3) is 0 Å². The van der Waals surface area contributed by atoms with Gasteiger partial charge in [0.1, 0.15) is 12.4 Å². The van der Waals surface area contributed by atoms with Crippen LogP contribution in [0.2, 0.25) is 0 Å². The van der Waals surface area contributed by atoms with E-state index in [-0.39, 0.29) is 29.9 Å². The van der Waals surface area contributed by atoms with Crippen molar-refractivity contribution in [3.05, 3.63) is 29.8 Å². The monoisotopic (exact) mass is 279 g/mol. The summed E-state index contributed by atoms with van der Waals surface area (Å²) in [6, 6.07) is 7.24. The van der Waals surface area contributed by atoms with E-state index in [4.69, 9.17) is 4.74 Å². The third-order valence-electron chi connectivity index (χ3n) is 2.85. The number of aromatic hydroxyl groups is 1. The molecular weight excluding hydrogens is 254 g/mol. The molecule has 1 aromatic rings. The molecular formula is C16H25NO3.